The molecule has 1 aromatic carbocycles. The number of piperazine rings is 1. The summed E-state index contributed by atoms with van der Waals surface area (Å²) in [6.07, 6.45) is 1.16. The van der Waals surface area contributed by atoms with E-state index >= 15 is 0 Å². The van der Waals surface area contributed by atoms with Crippen LogP contribution in [-0.4, -0.2) is 49.4 Å². The molecule has 0 bridgehead atoms. The Kier molecular flexibility index (Phi) is 5.22. The van der Waals surface area contributed by atoms with Crippen LogP contribution in [0.3, 0.4) is 0 Å². The van der Waals surface area contributed by atoms with Crippen LogP contribution in [0.2, 0.25) is 5.02 Å². The lowest BCUT2D eigenvalue weighted by Crippen LogP contribution is -2.51. The Morgan fingerprint density at radius 1 is 1.19 bits per heavy atom. The van der Waals surface area contributed by atoms with E-state index in [1.807, 2.05) is 24.3 Å². The van der Waals surface area contributed by atoms with Crippen molar-refractivity contribution in [3.05, 3.63) is 41.9 Å². The Bertz CT molecular complexity index is 522. The van der Waals surface area contributed by atoms with Gasteiger partial charge in [-0.05, 0) is 30.3 Å². The topological polar surface area (TPSA) is 52.7 Å². The number of rotatable bonds is 4. The van der Waals surface area contributed by atoms with Crippen LogP contribution in [0.5, 0.6) is 0 Å². The molecular weight excluding hydrogens is 290 g/mol. The third-order valence-corrected chi connectivity index (χ3v) is 3.68. The Labute approximate surface area is 129 Å². The van der Waals surface area contributed by atoms with Crippen molar-refractivity contribution in [1.29, 1.82) is 0 Å². The van der Waals surface area contributed by atoms with E-state index < -0.39 is 0 Å². The Hall–Kier alpha value is -2.01. The predicted molar refractivity (Wildman–Crippen MR) is 83.5 cm³/mol. The number of carbonyl (C=O) groups excluding carboxylic acids is 2. The highest BCUT2D eigenvalue weighted by Crippen LogP contribution is 2.19. The molecule has 0 aromatic heterocycles. The summed E-state index contributed by atoms with van der Waals surface area (Å²) in [7, 11) is 0. The SMILES string of the molecule is C=CC(=O)NCC(=O)N1CCN(c2ccc(Cl)cc2)CC1. The van der Waals surface area contributed by atoms with Gasteiger partial charge in [0.1, 0.15) is 0 Å². The lowest BCUT2D eigenvalue weighted by molar-refractivity contribution is -0.132. The van der Waals surface area contributed by atoms with E-state index in [0.29, 0.717) is 18.1 Å². The second-order valence-electron chi connectivity index (χ2n) is 4.77. The van der Waals surface area contributed by atoms with E-state index in [-0.39, 0.29) is 18.4 Å². The first-order valence-electron chi connectivity index (χ1n) is 6.78. The average Bonchev–Trinajstić information content (AvgIpc) is 2.53. The molecule has 0 aliphatic carbocycles. The minimum absolute atomic E-state index is 0.0196. The molecule has 1 heterocycles. The standard InChI is InChI=1S/C15H18ClN3O2/c1-2-14(20)17-11-15(21)19-9-7-18(8-10-19)13-5-3-12(16)4-6-13/h2-6H,1,7-11H2,(H,17,20). The molecule has 0 unspecified atom stereocenters. The monoisotopic (exact) mass is 307 g/mol. The Balaban J connectivity index is 1.82. The summed E-state index contributed by atoms with van der Waals surface area (Å²) in [5, 5.41) is 3.22. The first-order chi connectivity index (χ1) is 10.1. The van der Waals surface area contributed by atoms with Crippen LogP contribution < -0.4 is 10.2 Å². The van der Waals surface area contributed by atoms with Crippen molar-refractivity contribution in [1.82, 2.24) is 10.2 Å². The van der Waals surface area contributed by atoms with Gasteiger partial charge in [0.15, 0.2) is 0 Å². The molecule has 21 heavy (non-hydrogen) atoms. The molecule has 112 valence electrons. The highest BCUT2D eigenvalue weighted by molar-refractivity contribution is 6.30. The fourth-order valence-electron chi connectivity index (χ4n) is 2.21. The van der Waals surface area contributed by atoms with Crippen molar-refractivity contribution < 1.29 is 9.59 Å². The molecule has 1 saturated heterocycles. The summed E-state index contributed by atoms with van der Waals surface area (Å²) >= 11 is 5.87. The van der Waals surface area contributed by atoms with Gasteiger partial charge >= 0.3 is 0 Å². The van der Waals surface area contributed by atoms with Gasteiger partial charge in [0.25, 0.3) is 0 Å². The molecule has 0 atom stereocenters. The summed E-state index contributed by atoms with van der Waals surface area (Å²) in [5.41, 5.74) is 1.10. The van der Waals surface area contributed by atoms with Crippen molar-refractivity contribution in [2.75, 3.05) is 37.6 Å². The number of nitrogens with one attached hydrogen (secondary N) is 1. The van der Waals surface area contributed by atoms with Gasteiger partial charge in [-0.15, -0.1) is 0 Å². The Morgan fingerprint density at radius 2 is 1.81 bits per heavy atom. The van der Waals surface area contributed by atoms with Crippen LogP contribution in [0.4, 0.5) is 5.69 Å². The van der Waals surface area contributed by atoms with E-state index in [2.05, 4.69) is 16.8 Å². The number of hydrogen-bond donors (Lipinski definition) is 1. The fourth-order valence-corrected chi connectivity index (χ4v) is 2.34. The second-order valence-corrected chi connectivity index (χ2v) is 5.20. The second kappa shape index (κ2) is 7.13. The van der Waals surface area contributed by atoms with Crippen LogP contribution in [0.25, 0.3) is 0 Å². The molecule has 1 aliphatic rings. The van der Waals surface area contributed by atoms with E-state index in [1.165, 1.54) is 0 Å². The fraction of sp³-hybridized carbons (Fsp3) is 0.333. The molecule has 0 radical (unpaired) electrons. The first kappa shape index (κ1) is 15.4. The van der Waals surface area contributed by atoms with Gasteiger partial charge in [0.2, 0.25) is 11.8 Å². The number of nitrogens with zero attached hydrogens (tertiary/aromatic N) is 2. The van der Waals surface area contributed by atoms with Crippen molar-refractivity contribution in [2.45, 2.75) is 0 Å². The summed E-state index contributed by atoms with van der Waals surface area (Å²) in [4.78, 5) is 27.0. The van der Waals surface area contributed by atoms with Crippen LogP contribution in [0.15, 0.2) is 36.9 Å². The van der Waals surface area contributed by atoms with Crippen LogP contribution in [0.1, 0.15) is 0 Å². The lowest BCUT2D eigenvalue weighted by atomic mass is 10.2. The average molecular weight is 308 g/mol. The summed E-state index contributed by atoms with van der Waals surface area (Å²) in [6.45, 7) is 6.19. The maximum absolute atomic E-state index is 11.9. The highest BCUT2D eigenvalue weighted by atomic mass is 35.5. The number of carbonyl (C=O) groups is 2. The van der Waals surface area contributed by atoms with E-state index in [0.717, 1.165) is 24.9 Å². The van der Waals surface area contributed by atoms with Gasteiger partial charge in [-0.3, -0.25) is 9.59 Å². The smallest absolute Gasteiger partial charge is 0.243 e. The maximum atomic E-state index is 11.9. The van der Waals surface area contributed by atoms with Gasteiger partial charge in [0, 0.05) is 36.9 Å². The van der Waals surface area contributed by atoms with Crippen molar-refractivity contribution in [3.63, 3.8) is 0 Å². The van der Waals surface area contributed by atoms with E-state index in [9.17, 15) is 9.59 Å². The number of halogens is 1. The van der Waals surface area contributed by atoms with Crippen molar-refractivity contribution >= 4 is 29.1 Å². The molecule has 0 spiro atoms. The minimum atomic E-state index is -0.330. The zero-order chi connectivity index (χ0) is 15.2. The molecule has 0 saturated carbocycles. The third-order valence-electron chi connectivity index (χ3n) is 3.42. The normalized spacial score (nSPS) is 14.7. The minimum Gasteiger partial charge on any atom is -0.368 e. The molecule has 2 rings (SSSR count). The number of benzene rings is 1. The molecule has 1 fully saturated rings. The van der Waals surface area contributed by atoms with E-state index in [4.69, 9.17) is 11.6 Å². The number of amides is 2. The molecular formula is C15H18ClN3O2. The molecule has 2 amide bonds. The molecule has 1 N–H and O–H groups in total. The maximum Gasteiger partial charge on any atom is 0.243 e. The summed E-state index contributed by atoms with van der Waals surface area (Å²) in [5.74, 6) is -0.399. The third kappa shape index (κ3) is 4.23. The van der Waals surface area contributed by atoms with Crippen molar-refractivity contribution in [2.24, 2.45) is 0 Å². The van der Waals surface area contributed by atoms with Crippen molar-refractivity contribution in [3.8, 4) is 0 Å². The summed E-state index contributed by atoms with van der Waals surface area (Å²) < 4.78 is 0. The largest absolute Gasteiger partial charge is 0.368 e. The molecule has 5 nitrogen and oxygen atoms in total. The quantitative estimate of drug-likeness (QED) is 0.853. The summed E-state index contributed by atoms with van der Waals surface area (Å²) in [6, 6.07) is 7.67. The van der Waals surface area contributed by atoms with Gasteiger partial charge in [-0.25, -0.2) is 0 Å². The van der Waals surface area contributed by atoms with E-state index in [1.54, 1.807) is 4.90 Å². The van der Waals surface area contributed by atoms with Gasteiger partial charge in [-0.2, -0.15) is 0 Å². The van der Waals surface area contributed by atoms with Crippen LogP contribution in [0, 0.1) is 0 Å². The molecule has 1 aromatic rings. The van der Waals surface area contributed by atoms with Crippen LogP contribution >= 0.6 is 11.6 Å². The zero-order valence-corrected chi connectivity index (χ0v) is 12.5. The van der Waals surface area contributed by atoms with Crippen LogP contribution in [-0.2, 0) is 9.59 Å². The number of anilines is 1. The molecule has 6 heteroatoms. The number of hydrogen-bond acceptors (Lipinski definition) is 3. The Morgan fingerprint density at radius 3 is 2.38 bits per heavy atom. The first-order valence-corrected chi connectivity index (χ1v) is 7.16. The van der Waals surface area contributed by atoms with Gasteiger partial charge in [-0.1, -0.05) is 18.2 Å². The molecule has 1 aliphatic heterocycles. The zero-order valence-electron chi connectivity index (χ0n) is 11.7. The van der Waals surface area contributed by atoms with Gasteiger partial charge < -0.3 is 15.1 Å². The highest BCUT2D eigenvalue weighted by Gasteiger charge is 2.21. The lowest BCUT2D eigenvalue weighted by Gasteiger charge is -2.36. The van der Waals surface area contributed by atoms with Gasteiger partial charge in [0.05, 0.1) is 6.54 Å². The predicted octanol–water partition coefficient (Wildman–Crippen LogP) is 1.29.